The number of rotatable bonds is 4. The summed E-state index contributed by atoms with van der Waals surface area (Å²) in [7, 11) is 0. The van der Waals surface area contributed by atoms with Crippen LogP contribution in [-0.2, 0) is 4.79 Å². The van der Waals surface area contributed by atoms with Gasteiger partial charge in [-0.05, 0) is 24.7 Å². The van der Waals surface area contributed by atoms with E-state index in [1.807, 2.05) is 4.90 Å². The number of alkyl halides is 1. The van der Waals surface area contributed by atoms with Crippen LogP contribution < -0.4 is 0 Å². The normalized spacial score (nSPS) is 21.4. The van der Waals surface area contributed by atoms with Crippen molar-refractivity contribution in [3.05, 3.63) is 0 Å². The molecule has 0 aromatic rings. The van der Waals surface area contributed by atoms with E-state index in [0.29, 0.717) is 5.91 Å². The molecule has 0 aromatic carbocycles. The quantitative estimate of drug-likeness (QED) is 0.563. The Balaban J connectivity index is 2.31. The summed E-state index contributed by atoms with van der Waals surface area (Å²) in [5.41, 5.74) is 0.225. The number of piperidine rings is 1. The van der Waals surface area contributed by atoms with Gasteiger partial charge < -0.3 is 4.90 Å². The Morgan fingerprint density at radius 2 is 2.14 bits per heavy atom. The predicted molar refractivity (Wildman–Crippen MR) is 62.6 cm³/mol. The summed E-state index contributed by atoms with van der Waals surface area (Å²) >= 11 is 3.40. The monoisotopic (exact) mass is 261 g/mol. The number of halogens is 1. The third-order valence-corrected chi connectivity index (χ3v) is 3.41. The number of hydrogen-bond acceptors (Lipinski definition) is 1. The third kappa shape index (κ3) is 3.60. The van der Waals surface area contributed by atoms with Gasteiger partial charge in [0.25, 0.3) is 0 Å². The van der Waals surface area contributed by atoms with Gasteiger partial charge in [-0.3, -0.25) is 4.79 Å². The first-order valence-corrected chi connectivity index (χ1v) is 6.51. The molecule has 0 aliphatic carbocycles. The molecule has 0 spiro atoms. The summed E-state index contributed by atoms with van der Waals surface area (Å²) in [5.74, 6) is 0.343. The Bertz CT molecular complexity index is 203. The summed E-state index contributed by atoms with van der Waals surface area (Å²) in [6, 6.07) is 0. The van der Waals surface area contributed by atoms with E-state index in [1.54, 1.807) is 0 Å². The molecule has 0 radical (unpaired) electrons. The molecular weight excluding hydrogens is 242 g/mol. The number of carbonyl (C=O) groups is 1. The van der Waals surface area contributed by atoms with Crippen molar-refractivity contribution in [2.75, 3.05) is 18.4 Å². The lowest BCUT2D eigenvalue weighted by Gasteiger charge is -2.36. The molecule has 0 N–H and O–H groups in total. The topological polar surface area (TPSA) is 20.3 Å². The number of amides is 1. The lowest BCUT2D eigenvalue weighted by molar-refractivity contribution is -0.137. The summed E-state index contributed by atoms with van der Waals surface area (Å²) in [5, 5.41) is 1.04. The summed E-state index contributed by atoms with van der Waals surface area (Å²) in [4.78, 5) is 13.7. The van der Waals surface area contributed by atoms with Gasteiger partial charge in [0.05, 0.1) is 0 Å². The number of carbonyl (C=O) groups excluding carboxylic acids is 1. The van der Waals surface area contributed by atoms with Gasteiger partial charge in [0.15, 0.2) is 0 Å². The van der Waals surface area contributed by atoms with Gasteiger partial charge in [0, 0.05) is 24.8 Å². The van der Waals surface area contributed by atoms with E-state index in [1.165, 1.54) is 0 Å². The largest absolute Gasteiger partial charge is 0.343 e. The van der Waals surface area contributed by atoms with Crippen molar-refractivity contribution >= 4 is 21.8 Å². The van der Waals surface area contributed by atoms with Crippen LogP contribution in [0.5, 0.6) is 0 Å². The molecule has 0 aromatic heterocycles. The SMILES string of the molecule is CC1(C)CCN(CCCCBr)C(=O)C1. The van der Waals surface area contributed by atoms with Gasteiger partial charge in [0.2, 0.25) is 5.91 Å². The third-order valence-electron chi connectivity index (χ3n) is 2.85. The van der Waals surface area contributed by atoms with E-state index < -0.39 is 0 Å². The van der Waals surface area contributed by atoms with Crippen LogP contribution in [0.2, 0.25) is 0 Å². The van der Waals surface area contributed by atoms with Gasteiger partial charge >= 0.3 is 0 Å². The minimum Gasteiger partial charge on any atom is -0.343 e. The van der Waals surface area contributed by atoms with Gasteiger partial charge in [-0.2, -0.15) is 0 Å². The highest BCUT2D eigenvalue weighted by molar-refractivity contribution is 9.09. The van der Waals surface area contributed by atoms with Crippen LogP contribution in [0.25, 0.3) is 0 Å². The Kier molecular flexibility index (Phi) is 4.42. The Labute approximate surface area is 95.2 Å². The van der Waals surface area contributed by atoms with E-state index in [0.717, 1.165) is 44.1 Å². The highest BCUT2D eigenvalue weighted by Crippen LogP contribution is 2.30. The number of hydrogen-bond donors (Lipinski definition) is 0. The molecule has 0 atom stereocenters. The van der Waals surface area contributed by atoms with E-state index in [9.17, 15) is 4.79 Å². The number of nitrogens with zero attached hydrogens (tertiary/aromatic N) is 1. The van der Waals surface area contributed by atoms with Crippen molar-refractivity contribution in [3.63, 3.8) is 0 Å². The zero-order valence-corrected chi connectivity index (χ0v) is 10.8. The molecule has 1 rings (SSSR count). The zero-order valence-electron chi connectivity index (χ0n) is 9.18. The second-order valence-electron chi connectivity index (χ2n) is 4.87. The van der Waals surface area contributed by atoms with Crippen LogP contribution in [-0.4, -0.2) is 29.2 Å². The Hall–Kier alpha value is -0.0500. The van der Waals surface area contributed by atoms with E-state index >= 15 is 0 Å². The first kappa shape index (κ1) is 12.0. The van der Waals surface area contributed by atoms with Crippen molar-refractivity contribution in [1.82, 2.24) is 4.90 Å². The molecule has 0 bridgehead atoms. The van der Waals surface area contributed by atoms with Crippen molar-refractivity contribution in [2.45, 2.75) is 39.5 Å². The summed E-state index contributed by atoms with van der Waals surface area (Å²) < 4.78 is 0. The predicted octanol–water partition coefficient (Wildman–Crippen LogP) is 2.81. The van der Waals surface area contributed by atoms with Crippen molar-refractivity contribution in [1.29, 1.82) is 0 Å². The number of likely N-dealkylation sites (tertiary alicyclic amines) is 1. The second-order valence-corrected chi connectivity index (χ2v) is 5.66. The molecule has 14 heavy (non-hydrogen) atoms. The van der Waals surface area contributed by atoms with E-state index in [4.69, 9.17) is 0 Å². The first-order valence-electron chi connectivity index (χ1n) is 5.39. The van der Waals surface area contributed by atoms with Crippen LogP contribution >= 0.6 is 15.9 Å². The molecule has 1 heterocycles. The molecule has 82 valence electrons. The van der Waals surface area contributed by atoms with Crippen molar-refractivity contribution in [2.24, 2.45) is 5.41 Å². The van der Waals surface area contributed by atoms with Crippen molar-refractivity contribution < 1.29 is 4.79 Å². The smallest absolute Gasteiger partial charge is 0.223 e. The highest BCUT2D eigenvalue weighted by atomic mass is 79.9. The van der Waals surface area contributed by atoms with Gasteiger partial charge in [-0.15, -0.1) is 0 Å². The second kappa shape index (κ2) is 5.15. The molecular formula is C11H20BrNO. The lowest BCUT2D eigenvalue weighted by Crippen LogP contribution is -2.42. The molecule has 3 heteroatoms. The fourth-order valence-electron chi connectivity index (χ4n) is 1.81. The van der Waals surface area contributed by atoms with Crippen LogP contribution in [0, 0.1) is 5.41 Å². The van der Waals surface area contributed by atoms with Gasteiger partial charge in [-0.25, -0.2) is 0 Å². The molecule has 0 saturated carbocycles. The minimum absolute atomic E-state index is 0.225. The summed E-state index contributed by atoms with van der Waals surface area (Å²) in [6.45, 7) is 6.26. The van der Waals surface area contributed by atoms with Gasteiger partial charge in [-0.1, -0.05) is 29.8 Å². The molecule has 1 aliphatic heterocycles. The highest BCUT2D eigenvalue weighted by Gasteiger charge is 2.30. The molecule has 1 fully saturated rings. The average molecular weight is 262 g/mol. The van der Waals surface area contributed by atoms with E-state index in [2.05, 4.69) is 29.8 Å². The molecule has 1 aliphatic rings. The van der Waals surface area contributed by atoms with Gasteiger partial charge in [0.1, 0.15) is 0 Å². The molecule has 2 nitrogen and oxygen atoms in total. The Morgan fingerprint density at radius 1 is 1.43 bits per heavy atom. The standard InChI is InChI=1S/C11H20BrNO/c1-11(2)5-8-13(10(14)9-11)7-4-3-6-12/h3-9H2,1-2H3. The molecule has 1 saturated heterocycles. The minimum atomic E-state index is 0.225. The van der Waals surface area contributed by atoms with E-state index in [-0.39, 0.29) is 5.41 Å². The van der Waals surface area contributed by atoms with Crippen molar-refractivity contribution in [3.8, 4) is 0 Å². The fraction of sp³-hybridized carbons (Fsp3) is 0.909. The lowest BCUT2D eigenvalue weighted by atomic mass is 9.82. The summed E-state index contributed by atoms with van der Waals surface area (Å²) in [6.07, 6.45) is 4.15. The van der Waals surface area contributed by atoms with Crippen LogP contribution in [0.1, 0.15) is 39.5 Å². The first-order chi connectivity index (χ1) is 6.55. The average Bonchev–Trinajstić information content (AvgIpc) is 2.08. The molecule has 0 unspecified atom stereocenters. The number of unbranched alkanes of at least 4 members (excludes halogenated alkanes) is 1. The van der Waals surface area contributed by atoms with Crippen LogP contribution in [0.4, 0.5) is 0 Å². The maximum atomic E-state index is 11.7. The zero-order chi connectivity index (χ0) is 10.6. The Morgan fingerprint density at radius 3 is 2.71 bits per heavy atom. The maximum absolute atomic E-state index is 11.7. The fourth-order valence-corrected chi connectivity index (χ4v) is 2.20. The molecule has 1 amide bonds. The van der Waals surface area contributed by atoms with Crippen LogP contribution in [0.15, 0.2) is 0 Å². The van der Waals surface area contributed by atoms with Crippen LogP contribution in [0.3, 0.4) is 0 Å². The maximum Gasteiger partial charge on any atom is 0.223 e.